The van der Waals surface area contributed by atoms with Gasteiger partial charge in [0, 0.05) is 0 Å². The van der Waals surface area contributed by atoms with Gasteiger partial charge in [0.2, 0.25) is 6.29 Å². The third-order valence-electron chi connectivity index (χ3n) is 1.50. The van der Waals surface area contributed by atoms with E-state index < -0.39 is 16.4 Å². The summed E-state index contributed by atoms with van der Waals surface area (Å²) in [5.41, 5.74) is 0. The van der Waals surface area contributed by atoms with Gasteiger partial charge >= 0.3 is 5.97 Å². The quantitative estimate of drug-likeness (QED) is 0.376. The first kappa shape index (κ1) is 10.5. The molecule has 0 aromatic carbocycles. The van der Waals surface area contributed by atoms with E-state index in [4.69, 9.17) is 4.74 Å². The predicted octanol–water partition coefficient (Wildman–Crippen LogP) is 0.262. The molecule has 13 heavy (non-hydrogen) atoms. The Bertz CT molecular complexity index is 290. The smallest absolute Gasteiger partial charge is 0.311 e. The first-order valence-electron chi connectivity index (χ1n) is 3.97. The van der Waals surface area contributed by atoms with E-state index in [1.165, 1.54) is 6.92 Å². The number of carbonyl (C=O) groups is 1. The molecule has 0 heterocycles. The van der Waals surface area contributed by atoms with Crippen LogP contribution in [0.4, 0.5) is 0 Å². The Balaban J connectivity index is 2.32. The number of hydrogen-bond acceptors (Lipinski definition) is 5. The molecule has 1 aliphatic carbocycles. The second-order valence-corrected chi connectivity index (χ2v) is 4.68. The minimum atomic E-state index is -3.55. The molecule has 1 atom stereocenters. The fourth-order valence-corrected chi connectivity index (χ4v) is 1.38. The van der Waals surface area contributed by atoms with Crippen molar-refractivity contribution in [2.75, 3.05) is 6.26 Å². The lowest BCUT2D eigenvalue weighted by atomic mass is 10.4. The first-order chi connectivity index (χ1) is 5.88. The van der Waals surface area contributed by atoms with Gasteiger partial charge in [0.15, 0.2) is 0 Å². The molecule has 1 fully saturated rings. The molecule has 1 saturated carbocycles. The summed E-state index contributed by atoms with van der Waals surface area (Å²) < 4.78 is 30.3. The monoisotopic (exact) mass is 208 g/mol. The van der Waals surface area contributed by atoms with E-state index in [0.29, 0.717) is 0 Å². The average molecular weight is 208 g/mol. The van der Waals surface area contributed by atoms with Crippen LogP contribution in [0.5, 0.6) is 0 Å². The topological polar surface area (TPSA) is 69.7 Å². The zero-order chi connectivity index (χ0) is 10.1. The molecule has 0 aliphatic heterocycles. The van der Waals surface area contributed by atoms with Gasteiger partial charge in [-0.3, -0.25) is 4.79 Å². The van der Waals surface area contributed by atoms with Crippen molar-refractivity contribution in [2.24, 2.45) is 5.92 Å². The van der Waals surface area contributed by atoms with Crippen LogP contribution in [0, 0.1) is 5.92 Å². The highest BCUT2D eigenvalue weighted by Gasteiger charge is 2.32. The summed E-state index contributed by atoms with van der Waals surface area (Å²) >= 11 is 0. The zero-order valence-corrected chi connectivity index (χ0v) is 8.33. The van der Waals surface area contributed by atoms with Gasteiger partial charge in [0.1, 0.15) is 0 Å². The fraction of sp³-hybridized carbons (Fsp3) is 0.857. The van der Waals surface area contributed by atoms with Gasteiger partial charge in [0.25, 0.3) is 10.1 Å². The Morgan fingerprint density at radius 2 is 2.00 bits per heavy atom. The maximum atomic E-state index is 11.0. The van der Waals surface area contributed by atoms with E-state index in [0.717, 1.165) is 19.1 Å². The standard InChI is InChI=1S/C7H12O5S/c1-5(12-13(2,9)10)11-7(8)6-3-4-6/h5-6H,3-4H2,1-2H3. The third kappa shape index (κ3) is 4.23. The Kier molecular flexibility index (Phi) is 2.92. The van der Waals surface area contributed by atoms with Crippen LogP contribution in [0.1, 0.15) is 19.8 Å². The van der Waals surface area contributed by atoms with Crippen molar-refractivity contribution in [1.82, 2.24) is 0 Å². The molecular formula is C7H12O5S. The third-order valence-corrected chi connectivity index (χ3v) is 2.12. The lowest BCUT2D eigenvalue weighted by Crippen LogP contribution is -2.21. The maximum absolute atomic E-state index is 11.0. The van der Waals surface area contributed by atoms with Crippen molar-refractivity contribution in [2.45, 2.75) is 26.1 Å². The van der Waals surface area contributed by atoms with Crippen LogP contribution in [0.25, 0.3) is 0 Å². The van der Waals surface area contributed by atoms with Crippen LogP contribution in [0.3, 0.4) is 0 Å². The molecule has 0 amide bonds. The number of carbonyl (C=O) groups excluding carboxylic acids is 1. The van der Waals surface area contributed by atoms with E-state index in [1.807, 2.05) is 0 Å². The molecule has 0 N–H and O–H groups in total. The summed E-state index contributed by atoms with van der Waals surface area (Å²) in [7, 11) is -3.55. The zero-order valence-electron chi connectivity index (χ0n) is 7.52. The molecule has 1 unspecified atom stereocenters. The van der Waals surface area contributed by atoms with Gasteiger partial charge < -0.3 is 4.74 Å². The van der Waals surface area contributed by atoms with Gasteiger partial charge in [-0.05, 0) is 19.8 Å². The Labute approximate surface area is 77.1 Å². The van der Waals surface area contributed by atoms with E-state index in [-0.39, 0.29) is 11.9 Å². The summed E-state index contributed by atoms with van der Waals surface area (Å²) in [6.45, 7) is 1.38. The second-order valence-electron chi connectivity index (χ2n) is 3.08. The van der Waals surface area contributed by atoms with Crippen LogP contribution in [-0.2, 0) is 23.8 Å². The lowest BCUT2D eigenvalue weighted by Gasteiger charge is -2.11. The van der Waals surface area contributed by atoms with Crippen molar-refractivity contribution in [3.05, 3.63) is 0 Å². The molecule has 5 nitrogen and oxygen atoms in total. The van der Waals surface area contributed by atoms with Gasteiger partial charge in [-0.2, -0.15) is 8.42 Å². The maximum Gasteiger partial charge on any atom is 0.311 e. The summed E-state index contributed by atoms with van der Waals surface area (Å²) in [6, 6.07) is 0. The van der Waals surface area contributed by atoms with Crippen LogP contribution < -0.4 is 0 Å². The van der Waals surface area contributed by atoms with E-state index >= 15 is 0 Å². The Hall–Kier alpha value is -0.620. The van der Waals surface area contributed by atoms with Crippen molar-refractivity contribution in [3.63, 3.8) is 0 Å². The molecule has 76 valence electrons. The Morgan fingerprint density at radius 1 is 1.46 bits per heavy atom. The van der Waals surface area contributed by atoms with Crippen LogP contribution >= 0.6 is 0 Å². The van der Waals surface area contributed by atoms with Crippen molar-refractivity contribution in [1.29, 1.82) is 0 Å². The SMILES string of the molecule is CC(OC(=O)C1CC1)OS(C)(=O)=O. The summed E-state index contributed by atoms with van der Waals surface area (Å²) in [5, 5.41) is 0. The summed E-state index contributed by atoms with van der Waals surface area (Å²) in [4.78, 5) is 11.0. The fourth-order valence-electron chi connectivity index (χ4n) is 0.845. The number of ether oxygens (including phenoxy) is 1. The average Bonchev–Trinajstić information content (AvgIpc) is 2.60. The van der Waals surface area contributed by atoms with Gasteiger partial charge in [-0.1, -0.05) is 0 Å². The van der Waals surface area contributed by atoms with Crippen molar-refractivity contribution >= 4 is 16.1 Å². The highest BCUT2D eigenvalue weighted by Crippen LogP contribution is 2.30. The Morgan fingerprint density at radius 3 is 2.38 bits per heavy atom. The molecular weight excluding hydrogens is 196 g/mol. The molecule has 1 rings (SSSR count). The largest absolute Gasteiger partial charge is 0.435 e. The van der Waals surface area contributed by atoms with Gasteiger partial charge in [-0.25, -0.2) is 4.18 Å². The number of rotatable bonds is 4. The van der Waals surface area contributed by atoms with Crippen molar-refractivity contribution < 1.29 is 22.1 Å². The summed E-state index contributed by atoms with van der Waals surface area (Å²) in [6.07, 6.45) is 1.53. The number of hydrogen-bond donors (Lipinski definition) is 0. The highest BCUT2D eigenvalue weighted by molar-refractivity contribution is 7.86. The molecule has 0 radical (unpaired) electrons. The lowest BCUT2D eigenvalue weighted by molar-refractivity contribution is -0.162. The van der Waals surface area contributed by atoms with E-state index in [2.05, 4.69) is 4.18 Å². The van der Waals surface area contributed by atoms with E-state index in [1.54, 1.807) is 0 Å². The molecule has 0 saturated heterocycles. The van der Waals surface area contributed by atoms with Crippen LogP contribution in [0.15, 0.2) is 0 Å². The van der Waals surface area contributed by atoms with Crippen molar-refractivity contribution in [3.8, 4) is 0 Å². The summed E-state index contributed by atoms with van der Waals surface area (Å²) in [5.74, 6) is -0.429. The second kappa shape index (κ2) is 3.63. The minimum absolute atomic E-state index is 0.0504. The van der Waals surface area contributed by atoms with Crippen LogP contribution in [-0.4, -0.2) is 26.9 Å². The molecule has 0 bridgehead atoms. The van der Waals surface area contributed by atoms with Gasteiger partial charge in [-0.15, -0.1) is 0 Å². The van der Waals surface area contributed by atoms with Crippen LogP contribution in [0.2, 0.25) is 0 Å². The molecule has 0 aromatic heterocycles. The van der Waals surface area contributed by atoms with Gasteiger partial charge in [0.05, 0.1) is 12.2 Å². The molecule has 0 aromatic rings. The molecule has 1 aliphatic rings. The van der Waals surface area contributed by atoms with E-state index in [9.17, 15) is 13.2 Å². The highest BCUT2D eigenvalue weighted by atomic mass is 32.2. The minimum Gasteiger partial charge on any atom is -0.435 e. The normalized spacial score (nSPS) is 19.5. The molecule has 0 spiro atoms. The first-order valence-corrected chi connectivity index (χ1v) is 5.79. The molecule has 6 heteroatoms. The number of esters is 1. The predicted molar refractivity (Wildman–Crippen MR) is 44.2 cm³/mol.